The number of carbonyl (C=O) groups is 1. The largest absolute Gasteiger partial charge is 0.369 e. The third-order valence-corrected chi connectivity index (χ3v) is 5.07. The van der Waals surface area contributed by atoms with Gasteiger partial charge in [-0.25, -0.2) is 0 Å². The number of rotatable bonds is 8. The first-order valence-corrected chi connectivity index (χ1v) is 8.94. The summed E-state index contributed by atoms with van der Waals surface area (Å²) in [5.74, 6) is 2.67. The van der Waals surface area contributed by atoms with Crippen molar-refractivity contribution in [2.75, 3.05) is 24.5 Å². The Morgan fingerprint density at radius 1 is 1.32 bits per heavy atom. The van der Waals surface area contributed by atoms with E-state index in [1.165, 1.54) is 11.3 Å². The van der Waals surface area contributed by atoms with E-state index >= 15 is 0 Å². The predicted molar refractivity (Wildman–Crippen MR) is 99.6 cm³/mol. The molecule has 1 aromatic rings. The Labute approximate surface area is 149 Å². The summed E-state index contributed by atoms with van der Waals surface area (Å²) in [6.07, 6.45) is 7.78. The van der Waals surface area contributed by atoms with E-state index in [1.54, 1.807) is 0 Å². The minimum absolute atomic E-state index is 0.0594. The lowest BCUT2D eigenvalue weighted by Gasteiger charge is -2.22. The molecule has 2 heterocycles. The Morgan fingerprint density at radius 2 is 2.08 bits per heavy atom. The van der Waals surface area contributed by atoms with Gasteiger partial charge < -0.3 is 10.2 Å². The van der Waals surface area contributed by atoms with Crippen LogP contribution in [0.25, 0.3) is 0 Å². The molecule has 132 valence electrons. The third-order valence-electron chi connectivity index (χ3n) is 5.07. The van der Waals surface area contributed by atoms with Crippen molar-refractivity contribution in [1.82, 2.24) is 5.32 Å². The highest BCUT2D eigenvalue weighted by atomic mass is 16.1. The first-order chi connectivity index (χ1) is 12.0. The number of anilines is 1. The fourth-order valence-corrected chi connectivity index (χ4v) is 3.57. The van der Waals surface area contributed by atoms with Crippen LogP contribution in [0.3, 0.4) is 0 Å². The quantitative estimate of drug-likeness (QED) is 0.740. The number of fused-ring (bicyclic) bond motifs is 1. The highest BCUT2D eigenvalue weighted by Gasteiger charge is 2.39. The van der Waals surface area contributed by atoms with Gasteiger partial charge in [-0.05, 0) is 11.6 Å². The number of amides is 1. The van der Waals surface area contributed by atoms with Gasteiger partial charge in [0.15, 0.2) is 5.66 Å². The lowest BCUT2D eigenvalue weighted by Crippen LogP contribution is -2.36. The van der Waals surface area contributed by atoms with Gasteiger partial charge in [-0.1, -0.05) is 32.0 Å². The van der Waals surface area contributed by atoms with Crippen LogP contribution < -0.4 is 10.2 Å². The van der Waals surface area contributed by atoms with Crippen molar-refractivity contribution in [3.8, 4) is 12.3 Å². The minimum Gasteiger partial charge on any atom is -0.369 e. The van der Waals surface area contributed by atoms with E-state index in [1.807, 2.05) is 0 Å². The second kappa shape index (κ2) is 6.87. The van der Waals surface area contributed by atoms with Crippen molar-refractivity contribution in [2.24, 2.45) is 10.2 Å². The Morgan fingerprint density at radius 3 is 2.80 bits per heavy atom. The van der Waals surface area contributed by atoms with Gasteiger partial charge in [0, 0.05) is 56.4 Å². The van der Waals surface area contributed by atoms with Crippen molar-refractivity contribution < 1.29 is 4.79 Å². The molecule has 1 amide bonds. The van der Waals surface area contributed by atoms with Gasteiger partial charge in [0.1, 0.15) is 0 Å². The van der Waals surface area contributed by atoms with Gasteiger partial charge in [0.2, 0.25) is 5.91 Å². The Bertz CT molecular complexity index is 711. The first-order valence-electron chi connectivity index (χ1n) is 8.94. The molecule has 3 rings (SSSR count). The van der Waals surface area contributed by atoms with Gasteiger partial charge in [-0.2, -0.15) is 10.2 Å². The van der Waals surface area contributed by atoms with Crippen molar-refractivity contribution in [1.29, 1.82) is 0 Å². The van der Waals surface area contributed by atoms with Crippen LogP contribution in [0.1, 0.15) is 45.1 Å². The summed E-state index contributed by atoms with van der Waals surface area (Å²) < 4.78 is 0. The fraction of sp³-hybridized carbons (Fsp3) is 0.550. The van der Waals surface area contributed by atoms with Gasteiger partial charge >= 0.3 is 0 Å². The van der Waals surface area contributed by atoms with E-state index in [0.717, 1.165) is 19.5 Å². The summed E-state index contributed by atoms with van der Waals surface area (Å²) in [5.41, 5.74) is 2.44. The summed E-state index contributed by atoms with van der Waals surface area (Å²) in [5, 5.41) is 11.2. The van der Waals surface area contributed by atoms with Crippen LogP contribution in [-0.2, 0) is 10.2 Å². The monoisotopic (exact) mass is 338 g/mol. The minimum atomic E-state index is -0.373. The lowest BCUT2D eigenvalue weighted by molar-refractivity contribution is -0.121. The summed E-state index contributed by atoms with van der Waals surface area (Å²) in [6, 6.07) is 8.53. The van der Waals surface area contributed by atoms with Gasteiger partial charge in [0.05, 0.1) is 0 Å². The molecule has 0 saturated carbocycles. The molecule has 0 atom stereocenters. The number of hydrogen-bond donors (Lipinski definition) is 1. The molecule has 0 aromatic heterocycles. The topological polar surface area (TPSA) is 57.1 Å². The summed E-state index contributed by atoms with van der Waals surface area (Å²) in [6.45, 7) is 6.98. The molecule has 25 heavy (non-hydrogen) atoms. The number of nitrogens with one attached hydrogen (secondary N) is 1. The average molecular weight is 338 g/mol. The average Bonchev–Trinajstić information content (AvgIpc) is 3.32. The van der Waals surface area contributed by atoms with Crippen LogP contribution in [0.15, 0.2) is 34.5 Å². The standard InChI is InChI=1S/C20H26N4O/c1-4-5-11-20(22-23-20)12-10-18(25)21-13-14-24-15-19(2,3)16-8-6-7-9-17(16)24/h1,6-9H,5,10-15H2,2-3H3,(H,21,25). The Balaban J connectivity index is 1.42. The molecule has 0 radical (unpaired) electrons. The molecule has 1 aromatic carbocycles. The highest BCUT2D eigenvalue weighted by molar-refractivity contribution is 5.76. The number of hydrogen-bond acceptors (Lipinski definition) is 4. The van der Waals surface area contributed by atoms with Crippen molar-refractivity contribution in [2.45, 2.75) is 50.6 Å². The van der Waals surface area contributed by atoms with Gasteiger partial charge in [-0.15, -0.1) is 12.3 Å². The molecule has 0 bridgehead atoms. The number of benzene rings is 1. The van der Waals surface area contributed by atoms with Crippen molar-refractivity contribution in [3.05, 3.63) is 29.8 Å². The lowest BCUT2D eigenvalue weighted by atomic mass is 9.87. The predicted octanol–water partition coefficient (Wildman–Crippen LogP) is 3.26. The van der Waals surface area contributed by atoms with Crippen molar-refractivity contribution in [3.63, 3.8) is 0 Å². The first kappa shape index (κ1) is 17.5. The molecule has 5 nitrogen and oxygen atoms in total. The van der Waals surface area contributed by atoms with E-state index in [4.69, 9.17) is 6.42 Å². The zero-order valence-electron chi connectivity index (χ0n) is 15.1. The molecule has 0 aliphatic carbocycles. The molecule has 0 saturated heterocycles. The molecule has 1 N–H and O–H groups in total. The smallest absolute Gasteiger partial charge is 0.220 e. The maximum Gasteiger partial charge on any atom is 0.220 e. The zero-order valence-corrected chi connectivity index (χ0v) is 15.1. The van der Waals surface area contributed by atoms with E-state index < -0.39 is 0 Å². The molecular formula is C20H26N4O. The van der Waals surface area contributed by atoms with Crippen LogP contribution in [0.5, 0.6) is 0 Å². The summed E-state index contributed by atoms with van der Waals surface area (Å²) >= 11 is 0. The Hall–Kier alpha value is -2.35. The van der Waals surface area contributed by atoms with Crippen LogP contribution in [0, 0.1) is 12.3 Å². The van der Waals surface area contributed by atoms with Gasteiger partial charge in [0.25, 0.3) is 0 Å². The van der Waals surface area contributed by atoms with Gasteiger partial charge in [-0.3, -0.25) is 4.79 Å². The maximum atomic E-state index is 12.1. The molecule has 0 spiro atoms. The number of terminal acetylenes is 1. The second-order valence-electron chi connectivity index (χ2n) is 7.56. The van der Waals surface area contributed by atoms with Crippen LogP contribution in [0.4, 0.5) is 5.69 Å². The van der Waals surface area contributed by atoms with Crippen LogP contribution >= 0.6 is 0 Å². The molecule has 2 aliphatic heterocycles. The SMILES string of the molecule is C#CCCC1(CCC(=O)NCCN2CC(C)(C)c3ccccc32)N=N1. The Kier molecular flexibility index (Phi) is 4.80. The second-order valence-corrected chi connectivity index (χ2v) is 7.56. The van der Waals surface area contributed by atoms with Crippen molar-refractivity contribution >= 4 is 11.6 Å². The summed E-state index contributed by atoms with van der Waals surface area (Å²) in [7, 11) is 0. The molecule has 0 fully saturated rings. The summed E-state index contributed by atoms with van der Waals surface area (Å²) in [4.78, 5) is 14.4. The number of nitrogens with zero attached hydrogens (tertiary/aromatic N) is 3. The highest BCUT2D eigenvalue weighted by Crippen LogP contribution is 2.40. The number of carbonyl (C=O) groups excluding carboxylic acids is 1. The normalized spacial score (nSPS) is 18.5. The third kappa shape index (κ3) is 4.01. The van der Waals surface area contributed by atoms with E-state index in [9.17, 15) is 4.79 Å². The number of para-hydroxylation sites is 1. The molecular weight excluding hydrogens is 312 g/mol. The molecule has 2 aliphatic rings. The van der Waals surface area contributed by atoms with Crippen LogP contribution in [-0.4, -0.2) is 31.2 Å². The van der Waals surface area contributed by atoms with E-state index in [0.29, 0.717) is 25.8 Å². The van der Waals surface area contributed by atoms with Crippen LogP contribution in [0.2, 0.25) is 0 Å². The maximum absolute atomic E-state index is 12.1. The molecule has 0 unspecified atom stereocenters. The van der Waals surface area contributed by atoms with E-state index in [2.05, 4.69) is 64.5 Å². The zero-order chi connectivity index (χ0) is 17.9. The van der Waals surface area contributed by atoms with E-state index in [-0.39, 0.29) is 17.0 Å². The fourth-order valence-electron chi connectivity index (χ4n) is 3.57. The molecule has 5 heteroatoms.